The number of hydrogen-bond acceptors (Lipinski definition) is 4. The van der Waals surface area contributed by atoms with Gasteiger partial charge in [0.25, 0.3) is 0 Å². The van der Waals surface area contributed by atoms with Crippen LogP contribution in [0, 0.1) is 11.8 Å². The van der Waals surface area contributed by atoms with Crippen molar-refractivity contribution >= 4 is 17.6 Å². The zero-order valence-corrected chi connectivity index (χ0v) is 21.0. The molecule has 2 saturated carbocycles. The van der Waals surface area contributed by atoms with E-state index in [9.17, 15) is 14.7 Å². The topological polar surface area (TPSA) is 84.1 Å². The van der Waals surface area contributed by atoms with Gasteiger partial charge in [-0.3, -0.25) is 14.7 Å². The van der Waals surface area contributed by atoms with Crippen molar-refractivity contribution in [3.05, 3.63) is 41.2 Å². The number of aliphatic carboxylic acids is 1. The Bertz CT molecular complexity index is 826. The number of benzene rings is 1. The van der Waals surface area contributed by atoms with Crippen LogP contribution < -0.4 is 0 Å². The van der Waals surface area contributed by atoms with Gasteiger partial charge in [0.2, 0.25) is 0 Å². The summed E-state index contributed by atoms with van der Waals surface area (Å²) in [5.41, 5.74) is 1.74. The number of amides is 1. The van der Waals surface area contributed by atoms with Gasteiger partial charge in [-0.25, -0.2) is 0 Å². The molecule has 0 bridgehead atoms. The standard InChI is InChI=1S/C27H39N3O3.Ni/c31-25(32)18-28-26(21-12-5-2-6-13-21)22-14-7-8-15-23(22)29-27(33)24-16-9-17-30(24)19-20-10-3-1-4-11-20;/h2,5-6,12-13,20,22-24H,1,3-4,7-11,14-19H2,(H2,29,31,32,33);/q;+2/p-1. The number of aliphatic imine (C=N–C) groups is 1. The molecule has 3 fully saturated rings. The van der Waals surface area contributed by atoms with Gasteiger partial charge in [0, 0.05) is 12.3 Å². The van der Waals surface area contributed by atoms with Crippen molar-refractivity contribution in [3.8, 4) is 0 Å². The first-order valence-corrected chi connectivity index (χ1v) is 12.9. The summed E-state index contributed by atoms with van der Waals surface area (Å²) in [6.45, 7) is 1.79. The smallest absolute Gasteiger partial charge is 0.649 e. The molecule has 1 aromatic rings. The fourth-order valence-corrected chi connectivity index (χ4v) is 6.04. The molecule has 1 aromatic carbocycles. The van der Waals surface area contributed by atoms with Crippen LogP contribution in [0.2, 0.25) is 0 Å². The number of carboxylic acids is 1. The van der Waals surface area contributed by atoms with Crippen LogP contribution in [0.5, 0.6) is 0 Å². The van der Waals surface area contributed by atoms with Crippen molar-refractivity contribution in [2.45, 2.75) is 82.7 Å². The Morgan fingerprint density at radius 1 is 0.941 bits per heavy atom. The van der Waals surface area contributed by atoms with Gasteiger partial charge in [-0.15, -0.1) is 6.04 Å². The normalized spacial score (nSPS) is 26.6. The van der Waals surface area contributed by atoms with Crippen molar-refractivity contribution in [2.75, 3.05) is 19.6 Å². The third-order valence-electron chi connectivity index (χ3n) is 7.69. The Morgan fingerprint density at radius 3 is 2.38 bits per heavy atom. The monoisotopic (exact) mass is 510 g/mol. The summed E-state index contributed by atoms with van der Waals surface area (Å²) >= 11 is 0. The fraction of sp³-hybridized carbons (Fsp3) is 0.667. The van der Waals surface area contributed by atoms with Crippen molar-refractivity contribution in [1.82, 2.24) is 4.90 Å². The molecule has 1 N–H and O–H groups in total. The molecule has 1 saturated heterocycles. The van der Waals surface area contributed by atoms with Gasteiger partial charge in [-0.05, 0) is 56.0 Å². The molecular weight excluding hydrogens is 473 g/mol. The number of likely N-dealkylation sites (tertiary alicyclic amines) is 1. The second kappa shape index (κ2) is 13.4. The van der Waals surface area contributed by atoms with E-state index in [4.69, 9.17) is 5.32 Å². The first kappa shape index (κ1) is 26.9. The molecule has 6 nitrogen and oxygen atoms in total. The maximum absolute atomic E-state index is 13.4. The van der Waals surface area contributed by atoms with E-state index in [1.807, 2.05) is 30.3 Å². The second-order valence-corrected chi connectivity index (χ2v) is 10.0. The Labute approximate surface area is 213 Å². The Morgan fingerprint density at radius 2 is 1.65 bits per heavy atom. The van der Waals surface area contributed by atoms with Crippen LogP contribution in [0.4, 0.5) is 0 Å². The Hall–Kier alpha value is -1.72. The molecule has 34 heavy (non-hydrogen) atoms. The minimum Gasteiger partial charge on any atom is -0.649 e. The minimum atomic E-state index is -0.937. The minimum absolute atomic E-state index is 0. The van der Waals surface area contributed by atoms with Crippen LogP contribution in [-0.4, -0.2) is 59.3 Å². The van der Waals surface area contributed by atoms with E-state index in [-0.39, 0.29) is 46.9 Å². The maximum Gasteiger partial charge on any atom is 2.00 e. The predicted molar refractivity (Wildman–Crippen MR) is 131 cm³/mol. The quantitative estimate of drug-likeness (QED) is 0.391. The first-order chi connectivity index (χ1) is 16.1. The molecule has 0 radical (unpaired) electrons. The summed E-state index contributed by atoms with van der Waals surface area (Å²) in [5, 5.41) is 14.0. The summed E-state index contributed by atoms with van der Waals surface area (Å²) in [7, 11) is 0. The van der Waals surface area contributed by atoms with E-state index in [2.05, 4.69) is 9.89 Å². The molecule has 4 rings (SSSR count). The van der Waals surface area contributed by atoms with E-state index < -0.39 is 5.97 Å². The van der Waals surface area contributed by atoms with Crippen molar-refractivity contribution in [1.29, 1.82) is 0 Å². The SMILES string of the molecule is O=C(O)CN=C(c1ccccc1)C1CCCCC1[N-]C(=O)C1CCCN1CC1CCCCC1.[Ni+2]. The molecule has 1 heterocycles. The van der Waals surface area contributed by atoms with Gasteiger partial charge in [0.15, 0.2) is 0 Å². The number of carbonyl (C=O) groups excluding carboxylic acids is 1. The van der Waals surface area contributed by atoms with Crippen LogP contribution in [0.3, 0.4) is 0 Å². The number of hydrogen-bond donors (Lipinski definition) is 1. The molecule has 2 aliphatic carbocycles. The maximum atomic E-state index is 13.4. The largest absolute Gasteiger partial charge is 2.00 e. The van der Waals surface area contributed by atoms with Crippen LogP contribution in [0.25, 0.3) is 5.32 Å². The summed E-state index contributed by atoms with van der Waals surface area (Å²) in [5.74, 6) is -0.181. The van der Waals surface area contributed by atoms with Gasteiger partial charge in [-0.2, -0.15) is 0 Å². The zero-order valence-electron chi connectivity index (χ0n) is 20.0. The molecule has 3 atom stereocenters. The van der Waals surface area contributed by atoms with E-state index >= 15 is 0 Å². The van der Waals surface area contributed by atoms with E-state index in [1.54, 1.807) is 0 Å². The average Bonchev–Trinajstić information content (AvgIpc) is 3.29. The van der Waals surface area contributed by atoms with E-state index in [0.29, 0.717) is 0 Å². The molecule has 7 heteroatoms. The summed E-state index contributed by atoms with van der Waals surface area (Å²) in [4.78, 5) is 31.6. The van der Waals surface area contributed by atoms with Crippen molar-refractivity contribution in [2.24, 2.45) is 16.8 Å². The van der Waals surface area contributed by atoms with Crippen LogP contribution in [0.15, 0.2) is 35.3 Å². The van der Waals surface area contributed by atoms with Crippen LogP contribution >= 0.6 is 0 Å². The van der Waals surface area contributed by atoms with Crippen LogP contribution in [-0.2, 0) is 26.1 Å². The molecule has 188 valence electrons. The predicted octanol–water partition coefficient (Wildman–Crippen LogP) is 5.06. The van der Waals surface area contributed by atoms with Gasteiger partial charge in [0.05, 0.1) is 11.9 Å². The molecule has 3 unspecified atom stereocenters. The average molecular weight is 511 g/mol. The third-order valence-corrected chi connectivity index (χ3v) is 7.69. The van der Waals surface area contributed by atoms with Crippen molar-refractivity contribution < 1.29 is 31.2 Å². The van der Waals surface area contributed by atoms with Gasteiger partial charge < -0.3 is 15.2 Å². The Kier molecular flexibility index (Phi) is 10.6. The van der Waals surface area contributed by atoms with Gasteiger partial charge in [-0.1, -0.05) is 68.9 Å². The number of rotatable bonds is 8. The van der Waals surface area contributed by atoms with Crippen LogP contribution in [0.1, 0.15) is 76.2 Å². The first-order valence-electron chi connectivity index (χ1n) is 12.9. The molecule has 0 aromatic heterocycles. The zero-order chi connectivity index (χ0) is 23.0. The molecule has 0 spiro atoms. The molecule has 1 aliphatic heterocycles. The van der Waals surface area contributed by atoms with Crippen molar-refractivity contribution in [3.63, 3.8) is 0 Å². The summed E-state index contributed by atoms with van der Waals surface area (Å²) < 4.78 is 0. The van der Waals surface area contributed by atoms with E-state index in [0.717, 1.165) is 68.8 Å². The molecule has 1 amide bonds. The van der Waals surface area contributed by atoms with E-state index in [1.165, 1.54) is 32.1 Å². The number of carbonyl (C=O) groups is 2. The number of carboxylic acid groups (broad SMARTS) is 1. The van der Waals surface area contributed by atoms with Gasteiger partial charge in [0.1, 0.15) is 6.54 Å². The third kappa shape index (κ3) is 7.15. The summed E-state index contributed by atoms with van der Waals surface area (Å²) in [6.07, 6.45) is 12.4. The second-order valence-electron chi connectivity index (χ2n) is 10.0. The molecular formula is C27H38N3NiO3+. The number of nitrogens with zero attached hydrogens (tertiary/aromatic N) is 3. The Balaban J connectivity index is 0.00000324. The fourth-order valence-electron chi connectivity index (χ4n) is 6.04. The molecule has 3 aliphatic rings. The summed E-state index contributed by atoms with van der Waals surface area (Å²) in [6, 6.07) is 9.63. The van der Waals surface area contributed by atoms with Gasteiger partial charge >= 0.3 is 22.5 Å².